The minimum atomic E-state index is -0.376. The molecule has 0 N–H and O–H groups in total. The van der Waals surface area contributed by atoms with Gasteiger partial charge in [0, 0.05) is 26.9 Å². The summed E-state index contributed by atoms with van der Waals surface area (Å²) in [5, 5.41) is 10.2. The molecule has 1 aliphatic rings. The van der Waals surface area contributed by atoms with E-state index in [9.17, 15) is 9.59 Å². The van der Waals surface area contributed by atoms with Gasteiger partial charge in [0.05, 0.1) is 17.1 Å². The van der Waals surface area contributed by atoms with Crippen LogP contribution in [-0.2, 0) is 0 Å². The van der Waals surface area contributed by atoms with Gasteiger partial charge in [-0.25, -0.2) is 4.90 Å². The van der Waals surface area contributed by atoms with E-state index in [1.54, 1.807) is 48.5 Å². The first-order valence-electron chi connectivity index (χ1n) is 9.30. The Morgan fingerprint density at radius 1 is 0.633 bits per heavy atom. The number of anilines is 1. The summed E-state index contributed by atoms with van der Waals surface area (Å²) in [6, 6.07) is 24.9. The molecule has 0 saturated heterocycles. The summed E-state index contributed by atoms with van der Waals surface area (Å²) >= 11 is 6.27. The van der Waals surface area contributed by atoms with Crippen LogP contribution in [0.15, 0.2) is 95.2 Å². The molecule has 144 valence electrons. The van der Waals surface area contributed by atoms with E-state index in [2.05, 4.69) is 10.2 Å². The highest BCUT2D eigenvalue weighted by Crippen LogP contribution is 2.36. The summed E-state index contributed by atoms with van der Waals surface area (Å²) in [5.41, 5.74) is 2.75. The molecule has 30 heavy (non-hydrogen) atoms. The molecule has 0 fully saturated rings. The van der Waals surface area contributed by atoms with E-state index in [4.69, 9.17) is 11.6 Å². The molecule has 0 aromatic heterocycles. The summed E-state index contributed by atoms with van der Waals surface area (Å²) in [4.78, 5) is 27.5. The molecule has 0 unspecified atom stereocenters. The normalized spacial score (nSPS) is 13.4. The lowest BCUT2D eigenvalue weighted by atomic mass is 9.93. The standard InChI is InChI=1S/C24H14ClN3O2/c25-21-14-13-20-22-18(21)7-4-8-19(22)23(29)28(24(20)30)17-11-9-16(10-12-17)27-26-15-5-2-1-3-6-15/h1-14H. The van der Waals surface area contributed by atoms with Crippen molar-refractivity contribution in [2.75, 3.05) is 4.90 Å². The van der Waals surface area contributed by atoms with Crippen molar-refractivity contribution in [2.24, 2.45) is 10.2 Å². The number of benzene rings is 4. The van der Waals surface area contributed by atoms with Gasteiger partial charge in [0.15, 0.2) is 0 Å². The molecule has 6 heteroatoms. The minimum Gasteiger partial charge on any atom is -0.268 e. The lowest BCUT2D eigenvalue weighted by molar-refractivity contribution is 0.0893. The summed E-state index contributed by atoms with van der Waals surface area (Å²) < 4.78 is 0. The molecule has 1 aliphatic heterocycles. The monoisotopic (exact) mass is 411 g/mol. The van der Waals surface area contributed by atoms with Crippen molar-refractivity contribution in [3.8, 4) is 0 Å². The van der Waals surface area contributed by atoms with E-state index >= 15 is 0 Å². The minimum absolute atomic E-state index is 0.376. The van der Waals surface area contributed by atoms with Gasteiger partial charge in [0.25, 0.3) is 11.8 Å². The zero-order valence-electron chi connectivity index (χ0n) is 15.6. The Labute approximate surface area is 177 Å². The lowest BCUT2D eigenvalue weighted by Crippen LogP contribution is -2.40. The second-order valence-electron chi connectivity index (χ2n) is 6.82. The number of carbonyl (C=O) groups excluding carboxylic acids is 2. The van der Waals surface area contributed by atoms with E-state index < -0.39 is 0 Å². The van der Waals surface area contributed by atoms with E-state index in [0.717, 1.165) is 5.69 Å². The summed E-state index contributed by atoms with van der Waals surface area (Å²) in [6.07, 6.45) is 0. The molecule has 4 aromatic carbocycles. The SMILES string of the molecule is O=C1c2cccc3c(Cl)ccc(c23)C(=O)N1c1ccc(N=Nc2ccccc2)cc1. The molecule has 0 saturated carbocycles. The molecule has 1 heterocycles. The van der Waals surface area contributed by atoms with Crippen LogP contribution in [0.1, 0.15) is 20.7 Å². The Hall–Kier alpha value is -3.83. The molecule has 0 radical (unpaired) electrons. The summed E-state index contributed by atoms with van der Waals surface area (Å²) in [5.74, 6) is -0.752. The summed E-state index contributed by atoms with van der Waals surface area (Å²) in [7, 11) is 0. The average molecular weight is 412 g/mol. The zero-order chi connectivity index (χ0) is 20.7. The molecule has 5 rings (SSSR count). The van der Waals surface area contributed by atoms with Gasteiger partial charge in [-0.2, -0.15) is 10.2 Å². The maximum Gasteiger partial charge on any atom is 0.265 e. The highest BCUT2D eigenvalue weighted by atomic mass is 35.5. The van der Waals surface area contributed by atoms with Crippen LogP contribution < -0.4 is 4.90 Å². The van der Waals surface area contributed by atoms with E-state index in [1.165, 1.54) is 4.90 Å². The molecule has 4 aromatic rings. The van der Waals surface area contributed by atoms with Gasteiger partial charge in [-0.3, -0.25) is 9.59 Å². The largest absolute Gasteiger partial charge is 0.268 e. The lowest BCUT2D eigenvalue weighted by Gasteiger charge is -2.27. The third kappa shape index (κ3) is 2.96. The molecular formula is C24H14ClN3O2. The molecule has 0 spiro atoms. The molecule has 0 atom stereocenters. The topological polar surface area (TPSA) is 62.1 Å². The van der Waals surface area contributed by atoms with Gasteiger partial charge in [0.2, 0.25) is 0 Å². The van der Waals surface area contributed by atoms with E-state index in [-0.39, 0.29) is 11.8 Å². The number of hydrogen-bond acceptors (Lipinski definition) is 4. The van der Waals surface area contributed by atoms with Crippen molar-refractivity contribution in [1.82, 2.24) is 0 Å². The molecular weight excluding hydrogens is 398 g/mol. The number of imide groups is 1. The van der Waals surface area contributed by atoms with Crippen LogP contribution in [0, 0.1) is 0 Å². The van der Waals surface area contributed by atoms with Crippen molar-refractivity contribution in [3.05, 3.63) is 101 Å². The quantitative estimate of drug-likeness (QED) is 0.278. The average Bonchev–Trinajstić information content (AvgIpc) is 2.78. The van der Waals surface area contributed by atoms with Crippen molar-refractivity contribution in [2.45, 2.75) is 0 Å². The maximum absolute atomic E-state index is 13.1. The van der Waals surface area contributed by atoms with Gasteiger partial charge < -0.3 is 0 Å². The fourth-order valence-corrected chi connectivity index (χ4v) is 3.79. The number of azo groups is 1. The Kier molecular flexibility index (Phi) is 4.38. The third-order valence-electron chi connectivity index (χ3n) is 5.00. The molecule has 5 nitrogen and oxygen atoms in total. The van der Waals surface area contributed by atoms with Gasteiger partial charge in [-0.15, -0.1) is 0 Å². The highest BCUT2D eigenvalue weighted by molar-refractivity contribution is 6.40. The first-order valence-corrected chi connectivity index (χ1v) is 9.68. The Morgan fingerprint density at radius 2 is 1.27 bits per heavy atom. The highest BCUT2D eigenvalue weighted by Gasteiger charge is 2.34. The van der Waals surface area contributed by atoms with Crippen LogP contribution in [0.25, 0.3) is 10.8 Å². The van der Waals surface area contributed by atoms with E-state index in [1.807, 2.05) is 36.4 Å². The van der Waals surface area contributed by atoms with Gasteiger partial charge in [-0.1, -0.05) is 41.9 Å². The van der Waals surface area contributed by atoms with Crippen molar-refractivity contribution < 1.29 is 9.59 Å². The fraction of sp³-hybridized carbons (Fsp3) is 0. The smallest absolute Gasteiger partial charge is 0.265 e. The van der Waals surface area contributed by atoms with Crippen LogP contribution in [0.3, 0.4) is 0 Å². The number of carbonyl (C=O) groups is 2. The summed E-state index contributed by atoms with van der Waals surface area (Å²) in [6.45, 7) is 0. The van der Waals surface area contributed by atoms with Crippen LogP contribution in [0.5, 0.6) is 0 Å². The van der Waals surface area contributed by atoms with Gasteiger partial charge >= 0.3 is 0 Å². The zero-order valence-corrected chi connectivity index (χ0v) is 16.4. The van der Waals surface area contributed by atoms with Gasteiger partial charge in [-0.05, 0) is 54.6 Å². The molecule has 0 aliphatic carbocycles. The maximum atomic E-state index is 13.1. The molecule has 2 amide bonds. The third-order valence-corrected chi connectivity index (χ3v) is 5.33. The van der Waals surface area contributed by atoms with Crippen molar-refractivity contribution >= 4 is 51.2 Å². The Balaban J connectivity index is 1.51. The molecule has 0 bridgehead atoms. The predicted molar refractivity (Wildman–Crippen MR) is 117 cm³/mol. The Morgan fingerprint density at radius 3 is 1.97 bits per heavy atom. The number of amides is 2. The number of hydrogen-bond donors (Lipinski definition) is 0. The van der Waals surface area contributed by atoms with E-state index in [0.29, 0.717) is 38.3 Å². The number of halogens is 1. The first-order chi connectivity index (χ1) is 14.6. The van der Waals surface area contributed by atoms with Crippen molar-refractivity contribution in [3.63, 3.8) is 0 Å². The number of nitrogens with zero attached hydrogens (tertiary/aromatic N) is 3. The first kappa shape index (κ1) is 18.2. The second-order valence-corrected chi connectivity index (χ2v) is 7.23. The predicted octanol–water partition coefficient (Wildman–Crippen LogP) is 6.71. The van der Waals surface area contributed by atoms with Crippen LogP contribution in [0.2, 0.25) is 5.02 Å². The van der Waals surface area contributed by atoms with Crippen LogP contribution >= 0.6 is 11.6 Å². The van der Waals surface area contributed by atoms with Crippen LogP contribution in [-0.4, -0.2) is 11.8 Å². The fourth-order valence-electron chi connectivity index (χ4n) is 3.57. The second kappa shape index (κ2) is 7.21. The number of rotatable bonds is 3. The van der Waals surface area contributed by atoms with Crippen LogP contribution in [0.4, 0.5) is 17.1 Å². The Bertz CT molecular complexity index is 1310. The van der Waals surface area contributed by atoms with Gasteiger partial charge in [0.1, 0.15) is 0 Å². The van der Waals surface area contributed by atoms with Crippen molar-refractivity contribution in [1.29, 1.82) is 0 Å².